The number of benzene rings is 2. The zero-order valence-electron chi connectivity index (χ0n) is 15.9. The average Bonchev–Trinajstić information content (AvgIpc) is 3.43. The van der Waals surface area contributed by atoms with E-state index >= 15 is 0 Å². The van der Waals surface area contributed by atoms with E-state index in [1.165, 1.54) is 11.8 Å². The minimum Gasteiger partial charge on any atom is -0.272 e. The summed E-state index contributed by atoms with van der Waals surface area (Å²) in [7, 11) is 0. The maximum atomic E-state index is 12.2. The first-order chi connectivity index (χ1) is 15.1. The smallest absolute Gasteiger partial charge is 0.250 e. The standard InChI is InChI=1S/C21H15Cl2N5OS2/c22-15-5-3-14(4-6-15)20-26-27-21(28(20)17-9-7-16(23)8-10-17)31-13-19(29)25-24-12-18-2-1-11-30-18/h1-12H,13H2,(H,25,29)/b24-12-. The molecule has 1 amide bonds. The summed E-state index contributed by atoms with van der Waals surface area (Å²) in [6, 6.07) is 18.5. The number of rotatable bonds is 7. The number of halogens is 2. The van der Waals surface area contributed by atoms with Crippen LogP contribution in [0.1, 0.15) is 4.88 Å². The molecule has 0 radical (unpaired) electrons. The number of nitrogens with one attached hydrogen (secondary N) is 1. The van der Waals surface area contributed by atoms with E-state index in [9.17, 15) is 4.79 Å². The van der Waals surface area contributed by atoms with Gasteiger partial charge in [0.15, 0.2) is 11.0 Å². The van der Waals surface area contributed by atoms with Gasteiger partial charge < -0.3 is 0 Å². The molecule has 6 nitrogen and oxygen atoms in total. The highest BCUT2D eigenvalue weighted by Crippen LogP contribution is 2.29. The Bertz CT molecular complexity index is 1190. The van der Waals surface area contributed by atoms with E-state index < -0.39 is 0 Å². The summed E-state index contributed by atoms with van der Waals surface area (Å²) in [5, 5.41) is 16.4. The van der Waals surface area contributed by atoms with Crippen molar-refractivity contribution in [1.82, 2.24) is 20.2 Å². The molecule has 156 valence electrons. The molecule has 31 heavy (non-hydrogen) atoms. The maximum absolute atomic E-state index is 12.2. The maximum Gasteiger partial charge on any atom is 0.250 e. The van der Waals surface area contributed by atoms with Crippen molar-refractivity contribution in [3.05, 3.63) is 81.0 Å². The summed E-state index contributed by atoms with van der Waals surface area (Å²) in [4.78, 5) is 13.2. The molecule has 0 saturated carbocycles. The van der Waals surface area contributed by atoms with Crippen molar-refractivity contribution in [2.24, 2.45) is 5.10 Å². The van der Waals surface area contributed by atoms with E-state index in [0.717, 1.165) is 16.1 Å². The highest BCUT2D eigenvalue weighted by molar-refractivity contribution is 7.99. The minimum absolute atomic E-state index is 0.133. The largest absolute Gasteiger partial charge is 0.272 e. The number of carbonyl (C=O) groups excluding carboxylic acids is 1. The van der Waals surface area contributed by atoms with Crippen LogP contribution in [0.15, 0.2) is 76.3 Å². The highest BCUT2D eigenvalue weighted by atomic mass is 35.5. The van der Waals surface area contributed by atoms with E-state index in [1.54, 1.807) is 41.8 Å². The van der Waals surface area contributed by atoms with Crippen molar-refractivity contribution in [3.63, 3.8) is 0 Å². The number of carbonyl (C=O) groups is 1. The fourth-order valence-corrected chi connectivity index (χ4v) is 4.25. The first-order valence-corrected chi connectivity index (χ1v) is 11.7. The van der Waals surface area contributed by atoms with Crippen LogP contribution in [0.2, 0.25) is 10.0 Å². The molecular weight excluding hydrogens is 473 g/mol. The van der Waals surface area contributed by atoms with Crippen molar-refractivity contribution in [2.45, 2.75) is 5.16 Å². The molecule has 0 aliphatic rings. The van der Waals surface area contributed by atoms with Crippen molar-refractivity contribution in [1.29, 1.82) is 0 Å². The van der Waals surface area contributed by atoms with Crippen molar-refractivity contribution < 1.29 is 4.79 Å². The molecule has 0 saturated heterocycles. The molecule has 2 aromatic carbocycles. The number of amides is 1. The molecule has 2 heterocycles. The number of hydrogen-bond acceptors (Lipinski definition) is 6. The first kappa shape index (κ1) is 21.6. The lowest BCUT2D eigenvalue weighted by atomic mass is 10.2. The highest BCUT2D eigenvalue weighted by Gasteiger charge is 2.17. The van der Waals surface area contributed by atoms with Crippen LogP contribution in [-0.2, 0) is 4.79 Å². The summed E-state index contributed by atoms with van der Waals surface area (Å²) in [6.07, 6.45) is 1.61. The summed E-state index contributed by atoms with van der Waals surface area (Å²) >= 11 is 14.9. The second-order valence-corrected chi connectivity index (χ2v) is 9.02. The molecule has 0 atom stereocenters. The zero-order valence-corrected chi connectivity index (χ0v) is 19.0. The molecule has 0 fully saturated rings. The van der Waals surface area contributed by atoms with Gasteiger partial charge in [0, 0.05) is 26.2 Å². The Morgan fingerprint density at radius 3 is 2.45 bits per heavy atom. The molecule has 0 aliphatic heterocycles. The fraction of sp³-hybridized carbons (Fsp3) is 0.0476. The predicted molar refractivity (Wildman–Crippen MR) is 128 cm³/mol. The third kappa shape index (κ3) is 5.54. The number of hydrazone groups is 1. The number of hydrogen-bond donors (Lipinski definition) is 1. The van der Waals surface area contributed by atoms with Crippen LogP contribution in [0.3, 0.4) is 0 Å². The van der Waals surface area contributed by atoms with Crippen LogP contribution in [0, 0.1) is 0 Å². The summed E-state index contributed by atoms with van der Waals surface area (Å²) in [6.45, 7) is 0. The number of thiophene rings is 1. The van der Waals surface area contributed by atoms with Crippen LogP contribution >= 0.6 is 46.3 Å². The Balaban J connectivity index is 1.54. The molecule has 0 unspecified atom stereocenters. The second kappa shape index (κ2) is 10.1. The van der Waals surface area contributed by atoms with Gasteiger partial charge in [0.25, 0.3) is 5.91 Å². The number of aromatic nitrogens is 3. The van der Waals surface area contributed by atoms with Gasteiger partial charge in [-0.15, -0.1) is 21.5 Å². The van der Waals surface area contributed by atoms with Gasteiger partial charge in [-0.3, -0.25) is 9.36 Å². The third-order valence-electron chi connectivity index (χ3n) is 4.08. The molecule has 2 aromatic heterocycles. The van der Waals surface area contributed by atoms with Crippen molar-refractivity contribution in [3.8, 4) is 17.1 Å². The van der Waals surface area contributed by atoms with E-state index in [4.69, 9.17) is 23.2 Å². The number of nitrogens with zero attached hydrogens (tertiary/aromatic N) is 4. The number of thioether (sulfide) groups is 1. The van der Waals surface area contributed by atoms with E-state index in [-0.39, 0.29) is 11.7 Å². The van der Waals surface area contributed by atoms with Crippen LogP contribution in [0.25, 0.3) is 17.1 Å². The average molecular weight is 488 g/mol. The Morgan fingerprint density at radius 1 is 1.06 bits per heavy atom. The van der Waals surface area contributed by atoms with E-state index in [1.807, 2.05) is 46.3 Å². The van der Waals surface area contributed by atoms with Crippen LogP contribution in [0.5, 0.6) is 0 Å². The van der Waals surface area contributed by atoms with Crippen LogP contribution in [-0.4, -0.2) is 32.6 Å². The monoisotopic (exact) mass is 487 g/mol. The van der Waals surface area contributed by atoms with Gasteiger partial charge in [0.1, 0.15) is 0 Å². The normalized spacial score (nSPS) is 11.2. The Morgan fingerprint density at radius 2 is 1.77 bits per heavy atom. The van der Waals surface area contributed by atoms with Gasteiger partial charge in [-0.2, -0.15) is 5.10 Å². The zero-order chi connectivity index (χ0) is 21.6. The van der Waals surface area contributed by atoms with Crippen LogP contribution < -0.4 is 5.43 Å². The lowest BCUT2D eigenvalue weighted by Gasteiger charge is -2.10. The predicted octanol–water partition coefficient (Wildman–Crippen LogP) is 5.55. The summed E-state index contributed by atoms with van der Waals surface area (Å²) in [5.41, 5.74) is 4.21. The quantitative estimate of drug-likeness (QED) is 0.211. The molecular formula is C21H15Cl2N5OS2. The summed E-state index contributed by atoms with van der Waals surface area (Å²) in [5.74, 6) is 0.530. The van der Waals surface area contributed by atoms with Gasteiger partial charge in [-0.25, -0.2) is 5.43 Å². The topological polar surface area (TPSA) is 72.2 Å². The van der Waals surface area contributed by atoms with Crippen LogP contribution in [0.4, 0.5) is 0 Å². The van der Waals surface area contributed by atoms with Gasteiger partial charge in [-0.1, -0.05) is 41.0 Å². The molecule has 0 bridgehead atoms. The van der Waals surface area contributed by atoms with Gasteiger partial charge in [0.05, 0.1) is 12.0 Å². The molecule has 10 heteroatoms. The Hall–Kier alpha value is -2.65. The Kier molecular flexibility index (Phi) is 7.03. The van der Waals surface area contributed by atoms with Gasteiger partial charge in [-0.05, 0) is 60.0 Å². The molecule has 0 spiro atoms. The van der Waals surface area contributed by atoms with Gasteiger partial charge >= 0.3 is 0 Å². The van der Waals surface area contributed by atoms with Gasteiger partial charge in [0.2, 0.25) is 0 Å². The van der Waals surface area contributed by atoms with E-state index in [2.05, 4.69) is 20.7 Å². The molecule has 0 aliphatic carbocycles. The lowest BCUT2D eigenvalue weighted by molar-refractivity contribution is -0.118. The van der Waals surface area contributed by atoms with Crippen molar-refractivity contribution >= 4 is 58.4 Å². The fourth-order valence-electron chi connectivity index (χ4n) is 2.67. The SMILES string of the molecule is O=C(CSc1nnc(-c2ccc(Cl)cc2)n1-c1ccc(Cl)cc1)N/N=C\c1cccs1. The molecule has 1 N–H and O–H groups in total. The van der Waals surface area contributed by atoms with Crippen molar-refractivity contribution in [2.75, 3.05) is 5.75 Å². The third-order valence-corrected chi connectivity index (χ3v) is 6.32. The molecule has 4 rings (SSSR count). The molecule has 4 aromatic rings. The second-order valence-electron chi connectivity index (χ2n) is 6.22. The minimum atomic E-state index is -0.239. The summed E-state index contributed by atoms with van der Waals surface area (Å²) < 4.78 is 1.88. The lowest BCUT2D eigenvalue weighted by Crippen LogP contribution is -2.19. The van der Waals surface area contributed by atoms with E-state index in [0.29, 0.717) is 21.0 Å². The first-order valence-electron chi connectivity index (χ1n) is 9.05. The Labute approximate surface area is 196 Å².